The fraction of sp³-hybridized carbons (Fsp3) is 0.455. The monoisotopic (exact) mass is 193 g/mol. The van der Waals surface area contributed by atoms with Crippen molar-refractivity contribution in [2.24, 2.45) is 0 Å². The third-order valence-electron chi connectivity index (χ3n) is 2.22. The smallest absolute Gasteiger partial charge is 0.313 e. The molecule has 1 aromatic rings. The number of aromatic nitrogens is 1. The van der Waals surface area contributed by atoms with Crippen LogP contribution in [0, 0.1) is 6.92 Å². The van der Waals surface area contributed by atoms with Crippen molar-refractivity contribution in [1.82, 2.24) is 4.98 Å². The van der Waals surface area contributed by atoms with E-state index in [9.17, 15) is 4.79 Å². The first-order chi connectivity index (χ1) is 6.69. The van der Waals surface area contributed by atoms with Gasteiger partial charge in [-0.1, -0.05) is 6.92 Å². The van der Waals surface area contributed by atoms with Gasteiger partial charge in [-0.3, -0.25) is 9.78 Å². The summed E-state index contributed by atoms with van der Waals surface area (Å²) in [5.41, 5.74) is 1.90. The topological polar surface area (TPSA) is 39.2 Å². The van der Waals surface area contributed by atoms with Crippen LogP contribution in [0.15, 0.2) is 18.3 Å². The van der Waals surface area contributed by atoms with Crippen LogP contribution in [-0.4, -0.2) is 18.1 Å². The molecular weight excluding hydrogens is 178 g/mol. The van der Waals surface area contributed by atoms with Crippen LogP contribution in [0.5, 0.6) is 0 Å². The Bertz CT molecular complexity index is 323. The molecule has 1 rings (SSSR count). The minimum Gasteiger partial charge on any atom is -0.469 e. The van der Waals surface area contributed by atoms with E-state index in [1.165, 1.54) is 7.11 Å². The highest BCUT2D eigenvalue weighted by atomic mass is 16.5. The standard InChI is InChI=1S/C11H15NO2/c1-4-10(11(13)14-3)9-5-6-12-8(2)7-9/h5-7,10H,4H2,1-3H3. The summed E-state index contributed by atoms with van der Waals surface area (Å²) in [6.45, 7) is 3.88. The highest BCUT2D eigenvalue weighted by Crippen LogP contribution is 2.20. The highest BCUT2D eigenvalue weighted by molar-refractivity contribution is 5.77. The Morgan fingerprint density at radius 3 is 2.86 bits per heavy atom. The Hall–Kier alpha value is -1.38. The second kappa shape index (κ2) is 4.74. The van der Waals surface area contributed by atoms with E-state index in [4.69, 9.17) is 4.74 Å². The average Bonchev–Trinajstić information content (AvgIpc) is 2.19. The van der Waals surface area contributed by atoms with Crippen molar-refractivity contribution in [1.29, 1.82) is 0 Å². The molecule has 0 N–H and O–H groups in total. The maximum absolute atomic E-state index is 11.4. The summed E-state index contributed by atoms with van der Waals surface area (Å²) in [4.78, 5) is 15.5. The molecule has 0 fully saturated rings. The van der Waals surface area contributed by atoms with Gasteiger partial charge < -0.3 is 4.74 Å². The molecule has 14 heavy (non-hydrogen) atoms. The number of nitrogens with zero attached hydrogens (tertiary/aromatic N) is 1. The van der Waals surface area contributed by atoms with Crippen molar-refractivity contribution in [3.63, 3.8) is 0 Å². The molecule has 0 spiro atoms. The number of hydrogen-bond donors (Lipinski definition) is 0. The summed E-state index contributed by atoms with van der Waals surface area (Å²) in [5, 5.41) is 0. The van der Waals surface area contributed by atoms with Gasteiger partial charge in [0.15, 0.2) is 0 Å². The van der Waals surface area contributed by atoms with E-state index in [1.54, 1.807) is 6.20 Å². The number of pyridine rings is 1. The average molecular weight is 193 g/mol. The van der Waals surface area contributed by atoms with Crippen LogP contribution in [0.1, 0.15) is 30.5 Å². The van der Waals surface area contributed by atoms with Crippen molar-refractivity contribution in [2.45, 2.75) is 26.2 Å². The Kier molecular flexibility index (Phi) is 3.63. The summed E-state index contributed by atoms with van der Waals surface area (Å²) in [6, 6.07) is 3.78. The van der Waals surface area contributed by atoms with E-state index in [2.05, 4.69) is 4.98 Å². The number of ether oxygens (including phenoxy) is 1. The Morgan fingerprint density at radius 2 is 2.36 bits per heavy atom. The van der Waals surface area contributed by atoms with Gasteiger partial charge in [-0.2, -0.15) is 0 Å². The van der Waals surface area contributed by atoms with Crippen molar-refractivity contribution in [3.8, 4) is 0 Å². The fourth-order valence-electron chi connectivity index (χ4n) is 1.46. The van der Waals surface area contributed by atoms with E-state index in [-0.39, 0.29) is 11.9 Å². The van der Waals surface area contributed by atoms with Gasteiger partial charge in [-0.15, -0.1) is 0 Å². The van der Waals surface area contributed by atoms with E-state index < -0.39 is 0 Å². The molecule has 1 unspecified atom stereocenters. The van der Waals surface area contributed by atoms with E-state index in [0.29, 0.717) is 0 Å². The number of aryl methyl sites for hydroxylation is 1. The zero-order valence-electron chi connectivity index (χ0n) is 8.78. The number of carbonyl (C=O) groups excluding carboxylic acids is 1. The number of esters is 1. The van der Waals surface area contributed by atoms with Crippen LogP contribution in [0.25, 0.3) is 0 Å². The van der Waals surface area contributed by atoms with Gasteiger partial charge in [0, 0.05) is 11.9 Å². The normalized spacial score (nSPS) is 12.2. The van der Waals surface area contributed by atoms with Crippen molar-refractivity contribution < 1.29 is 9.53 Å². The Balaban J connectivity index is 2.94. The molecule has 1 heterocycles. The quantitative estimate of drug-likeness (QED) is 0.690. The summed E-state index contributed by atoms with van der Waals surface area (Å²) >= 11 is 0. The minimum absolute atomic E-state index is 0.165. The summed E-state index contributed by atoms with van der Waals surface area (Å²) < 4.78 is 4.74. The summed E-state index contributed by atoms with van der Waals surface area (Å²) in [7, 11) is 1.42. The van der Waals surface area contributed by atoms with Crippen LogP contribution in [0.4, 0.5) is 0 Å². The molecule has 0 saturated carbocycles. The molecule has 0 amide bonds. The predicted molar refractivity (Wildman–Crippen MR) is 54.0 cm³/mol. The molecule has 3 heteroatoms. The maximum Gasteiger partial charge on any atom is 0.313 e. The van der Waals surface area contributed by atoms with Crippen molar-refractivity contribution >= 4 is 5.97 Å². The molecule has 0 aromatic carbocycles. The first-order valence-electron chi connectivity index (χ1n) is 4.69. The third kappa shape index (κ3) is 2.31. The lowest BCUT2D eigenvalue weighted by Gasteiger charge is -2.12. The highest BCUT2D eigenvalue weighted by Gasteiger charge is 2.18. The molecule has 0 bridgehead atoms. The molecular formula is C11H15NO2. The lowest BCUT2D eigenvalue weighted by Crippen LogP contribution is -2.13. The zero-order valence-corrected chi connectivity index (χ0v) is 8.78. The summed E-state index contributed by atoms with van der Waals surface area (Å²) in [6.07, 6.45) is 2.46. The number of methoxy groups -OCH3 is 1. The lowest BCUT2D eigenvalue weighted by molar-refractivity contribution is -0.142. The second-order valence-corrected chi connectivity index (χ2v) is 3.21. The van der Waals surface area contributed by atoms with Gasteiger partial charge in [-0.05, 0) is 31.0 Å². The fourth-order valence-corrected chi connectivity index (χ4v) is 1.46. The molecule has 0 aliphatic rings. The van der Waals surface area contributed by atoms with Crippen molar-refractivity contribution in [2.75, 3.05) is 7.11 Å². The predicted octanol–water partition coefficient (Wildman–Crippen LogP) is 2.06. The van der Waals surface area contributed by atoms with Crippen LogP contribution >= 0.6 is 0 Å². The number of hydrogen-bond acceptors (Lipinski definition) is 3. The largest absolute Gasteiger partial charge is 0.469 e. The Morgan fingerprint density at radius 1 is 1.64 bits per heavy atom. The zero-order chi connectivity index (χ0) is 10.6. The third-order valence-corrected chi connectivity index (χ3v) is 2.22. The molecule has 0 aliphatic carbocycles. The minimum atomic E-state index is -0.182. The first-order valence-corrected chi connectivity index (χ1v) is 4.69. The van der Waals surface area contributed by atoms with Crippen LogP contribution < -0.4 is 0 Å². The number of rotatable bonds is 3. The van der Waals surface area contributed by atoms with E-state index >= 15 is 0 Å². The number of carbonyl (C=O) groups is 1. The Labute approximate surface area is 84.1 Å². The van der Waals surface area contributed by atoms with E-state index in [0.717, 1.165) is 17.7 Å². The van der Waals surface area contributed by atoms with Crippen LogP contribution in [0.2, 0.25) is 0 Å². The van der Waals surface area contributed by atoms with Crippen LogP contribution in [0.3, 0.4) is 0 Å². The van der Waals surface area contributed by atoms with Gasteiger partial charge in [0.2, 0.25) is 0 Å². The summed E-state index contributed by atoms with van der Waals surface area (Å²) in [5.74, 6) is -0.347. The van der Waals surface area contributed by atoms with Crippen LogP contribution in [-0.2, 0) is 9.53 Å². The molecule has 3 nitrogen and oxygen atoms in total. The molecule has 0 radical (unpaired) electrons. The molecule has 1 atom stereocenters. The van der Waals surface area contributed by atoms with Gasteiger partial charge in [0.25, 0.3) is 0 Å². The van der Waals surface area contributed by atoms with Crippen molar-refractivity contribution in [3.05, 3.63) is 29.6 Å². The molecule has 0 aliphatic heterocycles. The van der Waals surface area contributed by atoms with Gasteiger partial charge >= 0.3 is 5.97 Å². The SMILES string of the molecule is CCC(C(=O)OC)c1ccnc(C)c1. The maximum atomic E-state index is 11.4. The second-order valence-electron chi connectivity index (χ2n) is 3.21. The molecule has 76 valence electrons. The molecule has 0 saturated heterocycles. The van der Waals surface area contributed by atoms with E-state index in [1.807, 2.05) is 26.0 Å². The first kappa shape index (κ1) is 10.7. The van der Waals surface area contributed by atoms with Gasteiger partial charge in [0.1, 0.15) is 0 Å². The van der Waals surface area contributed by atoms with Gasteiger partial charge in [0.05, 0.1) is 13.0 Å². The molecule has 1 aromatic heterocycles. The van der Waals surface area contributed by atoms with Gasteiger partial charge in [-0.25, -0.2) is 0 Å². The lowest BCUT2D eigenvalue weighted by atomic mass is 9.97.